The van der Waals surface area contributed by atoms with E-state index in [1.54, 1.807) is 0 Å². The highest BCUT2D eigenvalue weighted by Crippen LogP contribution is 2.06. The van der Waals surface area contributed by atoms with Crippen LogP contribution in [0.5, 0.6) is 0 Å². The average molecular weight is 299 g/mol. The molecular formula is C14H25N3O4. The van der Waals surface area contributed by atoms with Crippen molar-refractivity contribution in [2.45, 2.75) is 57.9 Å². The standard InChI is InChI=1S/C14H25N3O4/c1-2-3-4-5-6-12(15)17-11(7-8-13(19)20)14(21)16-9-10-18/h10-11H,2-9H2,1H3,(H2,15,17)(H,16,21)(H,19,20). The maximum atomic E-state index is 11.8. The quantitative estimate of drug-likeness (QED) is 0.213. The van der Waals surface area contributed by atoms with Crippen molar-refractivity contribution in [1.82, 2.24) is 5.32 Å². The van der Waals surface area contributed by atoms with Crippen LogP contribution in [0.1, 0.15) is 51.9 Å². The molecule has 120 valence electrons. The first kappa shape index (κ1) is 19.1. The van der Waals surface area contributed by atoms with Gasteiger partial charge in [0.2, 0.25) is 5.91 Å². The van der Waals surface area contributed by atoms with Crippen LogP contribution in [0.3, 0.4) is 0 Å². The Balaban J connectivity index is 4.50. The molecule has 0 heterocycles. The number of aldehydes is 1. The Labute approximate surface area is 125 Å². The van der Waals surface area contributed by atoms with Crippen molar-refractivity contribution in [3.63, 3.8) is 0 Å². The molecule has 0 aromatic heterocycles. The van der Waals surface area contributed by atoms with E-state index in [0.717, 1.165) is 25.7 Å². The number of hydrogen-bond acceptors (Lipinski definition) is 4. The van der Waals surface area contributed by atoms with E-state index in [1.165, 1.54) is 0 Å². The Morgan fingerprint density at radius 1 is 1.29 bits per heavy atom. The summed E-state index contributed by atoms with van der Waals surface area (Å²) in [5.41, 5.74) is 5.78. The minimum atomic E-state index is -1.00. The number of carbonyl (C=O) groups excluding carboxylic acids is 2. The Hall–Kier alpha value is -1.92. The lowest BCUT2D eigenvalue weighted by atomic mass is 10.1. The highest BCUT2D eigenvalue weighted by molar-refractivity contribution is 5.88. The van der Waals surface area contributed by atoms with Gasteiger partial charge in [-0.1, -0.05) is 26.2 Å². The zero-order valence-electron chi connectivity index (χ0n) is 12.5. The van der Waals surface area contributed by atoms with Crippen molar-refractivity contribution in [3.8, 4) is 0 Å². The highest BCUT2D eigenvalue weighted by atomic mass is 16.4. The molecule has 0 saturated carbocycles. The van der Waals surface area contributed by atoms with Crippen LogP contribution < -0.4 is 11.1 Å². The minimum Gasteiger partial charge on any atom is -0.481 e. The molecule has 0 aliphatic carbocycles. The van der Waals surface area contributed by atoms with Crippen LogP contribution in [0.4, 0.5) is 0 Å². The summed E-state index contributed by atoms with van der Waals surface area (Å²) in [6.45, 7) is 1.99. The third kappa shape index (κ3) is 10.5. The molecule has 0 bridgehead atoms. The lowest BCUT2D eigenvalue weighted by Crippen LogP contribution is -2.36. The summed E-state index contributed by atoms with van der Waals surface area (Å²) < 4.78 is 0. The number of nitrogens with zero attached hydrogens (tertiary/aromatic N) is 1. The van der Waals surface area contributed by atoms with Gasteiger partial charge in [-0.05, 0) is 12.8 Å². The first-order valence-electron chi connectivity index (χ1n) is 7.26. The van der Waals surface area contributed by atoms with E-state index in [2.05, 4.69) is 17.2 Å². The number of carboxylic acids is 1. The first-order valence-corrected chi connectivity index (χ1v) is 7.26. The van der Waals surface area contributed by atoms with E-state index in [-0.39, 0.29) is 19.4 Å². The predicted octanol–water partition coefficient (Wildman–Crippen LogP) is 0.863. The average Bonchev–Trinajstić information content (AvgIpc) is 2.45. The van der Waals surface area contributed by atoms with Gasteiger partial charge in [-0.15, -0.1) is 0 Å². The van der Waals surface area contributed by atoms with Gasteiger partial charge in [-0.3, -0.25) is 14.6 Å². The number of aliphatic imine (C=N–C) groups is 1. The molecule has 21 heavy (non-hydrogen) atoms. The third-order valence-corrected chi connectivity index (χ3v) is 2.90. The number of nitrogens with one attached hydrogen (secondary N) is 1. The number of unbranched alkanes of at least 4 members (excludes halogenated alkanes) is 3. The molecule has 1 atom stereocenters. The van der Waals surface area contributed by atoms with Crippen LogP contribution in [0, 0.1) is 0 Å². The van der Waals surface area contributed by atoms with E-state index in [0.29, 0.717) is 18.5 Å². The van der Waals surface area contributed by atoms with E-state index >= 15 is 0 Å². The number of aliphatic carboxylic acids is 1. The van der Waals surface area contributed by atoms with Gasteiger partial charge >= 0.3 is 5.97 Å². The van der Waals surface area contributed by atoms with E-state index in [4.69, 9.17) is 10.8 Å². The lowest BCUT2D eigenvalue weighted by molar-refractivity contribution is -0.137. The van der Waals surface area contributed by atoms with Gasteiger partial charge in [-0.2, -0.15) is 0 Å². The summed E-state index contributed by atoms with van der Waals surface area (Å²) >= 11 is 0. The highest BCUT2D eigenvalue weighted by Gasteiger charge is 2.18. The number of amides is 1. The molecule has 0 aromatic rings. The van der Waals surface area contributed by atoms with Crippen molar-refractivity contribution < 1.29 is 19.5 Å². The van der Waals surface area contributed by atoms with E-state index in [1.807, 2.05) is 0 Å². The molecule has 0 saturated heterocycles. The molecule has 0 aliphatic rings. The fourth-order valence-electron chi connectivity index (χ4n) is 1.77. The molecule has 1 unspecified atom stereocenters. The topological polar surface area (TPSA) is 122 Å². The zero-order valence-corrected chi connectivity index (χ0v) is 12.5. The zero-order chi connectivity index (χ0) is 16.1. The van der Waals surface area contributed by atoms with Gasteiger partial charge in [0.1, 0.15) is 12.3 Å². The van der Waals surface area contributed by atoms with Crippen LogP contribution in [0.15, 0.2) is 4.99 Å². The summed E-state index contributed by atoms with van der Waals surface area (Å²) in [5, 5.41) is 11.1. The smallest absolute Gasteiger partial charge is 0.303 e. The van der Waals surface area contributed by atoms with Gasteiger partial charge in [0.15, 0.2) is 0 Å². The number of carbonyl (C=O) groups is 3. The van der Waals surface area contributed by atoms with Crippen molar-refractivity contribution in [2.75, 3.05) is 6.54 Å². The molecule has 0 spiro atoms. The minimum absolute atomic E-state index is 0.0652. The fraction of sp³-hybridized carbons (Fsp3) is 0.714. The fourth-order valence-corrected chi connectivity index (χ4v) is 1.77. The molecule has 0 radical (unpaired) electrons. The Bertz CT molecular complexity index is 369. The van der Waals surface area contributed by atoms with Crippen molar-refractivity contribution >= 4 is 24.0 Å². The number of hydrogen-bond donors (Lipinski definition) is 3. The first-order chi connectivity index (χ1) is 10.0. The number of rotatable bonds is 12. The van der Waals surface area contributed by atoms with Crippen molar-refractivity contribution in [3.05, 3.63) is 0 Å². The lowest BCUT2D eigenvalue weighted by Gasteiger charge is -2.12. The largest absolute Gasteiger partial charge is 0.481 e. The predicted molar refractivity (Wildman–Crippen MR) is 80.1 cm³/mol. The van der Waals surface area contributed by atoms with E-state index in [9.17, 15) is 14.4 Å². The van der Waals surface area contributed by atoms with Crippen LogP contribution in [-0.4, -0.2) is 41.7 Å². The molecular weight excluding hydrogens is 274 g/mol. The maximum Gasteiger partial charge on any atom is 0.303 e. The number of carboxylic acid groups (broad SMARTS) is 1. The third-order valence-electron chi connectivity index (χ3n) is 2.90. The Morgan fingerprint density at radius 2 is 2.00 bits per heavy atom. The molecule has 0 rings (SSSR count). The van der Waals surface area contributed by atoms with E-state index < -0.39 is 17.9 Å². The molecule has 7 heteroatoms. The normalized spacial score (nSPS) is 12.7. The molecule has 0 aromatic carbocycles. The van der Waals surface area contributed by atoms with Crippen LogP contribution in [0.2, 0.25) is 0 Å². The van der Waals surface area contributed by atoms with Gasteiger partial charge in [0.25, 0.3) is 0 Å². The summed E-state index contributed by atoms with van der Waals surface area (Å²) in [6, 6.07) is -0.854. The Morgan fingerprint density at radius 3 is 2.57 bits per heavy atom. The second-order valence-corrected chi connectivity index (χ2v) is 4.79. The second-order valence-electron chi connectivity index (χ2n) is 4.79. The number of nitrogens with two attached hydrogens (primary N) is 1. The summed E-state index contributed by atoms with van der Waals surface area (Å²) in [6.07, 6.45) is 5.21. The van der Waals surface area contributed by atoms with Crippen LogP contribution >= 0.6 is 0 Å². The van der Waals surface area contributed by atoms with Crippen molar-refractivity contribution in [1.29, 1.82) is 0 Å². The maximum absolute atomic E-state index is 11.8. The monoisotopic (exact) mass is 299 g/mol. The van der Waals surface area contributed by atoms with Gasteiger partial charge in [0, 0.05) is 12.8 Å². The molecule has 0 fully saturated rings. The van der Waals surface area contributed by atoms with Crippen LogP contribution in [-0.2, 0) is 14.4 Å². The molecule has 4 N–H and O–H groups in total. The van der Waals surface area contributed by atoms with Crippen molar-refractivity contribution in [2.24, 2.45) is 10.7 Å². The van der Waals surface area contributed by atoms with Gasteiger partial charge in [-0.25, -0.2) is 0 Å². The second kappa shape index (κ2) is 11.9. The molecule has 1 amide bonds. The summed E-state index contributed by atoms with van der Waals surface area (Å²) in [5.74, 6) is -1.12. The summed E-state index contributed by atoms with van der Waals surface area (Å²) in [4.78, 5) is 36.8. The SMILES string of the molecule is CCCCCCC(N)=NC(CCC(=O)O)C(=O)NCC=O. The van der Waals surface area contributed by atoms with Gasteiger partial charge in [0.05, 0.1) is 12.4 Å². The Kier molecular flexibility index (Phi) is 10.8. The molecule has 7 nitrogen and oxygen atoms in total. The van der Waals surface area contributed by atoms with Crippen LogP contribution in [0.25, 0.3) is 0 Å². The number of amidine groups is 1. The molecule has 0 aliphatic heterocycles. The van der Waals surface area contributed by atoms with Gasteiger partial charge < -0.3 is 21.0 Å². The summed E-state index contributed by atoms with van der Waals surface area (Å²) in [7, 11) is 0.